The van der Waals surface area contributed by atoms with E-state index < -0.39 is 5.54 Å². The highest BCUT2D eigenvalue weighted by Gasteiger charge is 2.16. The Bertz CT molecular complexity index is 145. The first kappa shape index (κ1) is 10.6. The summed E-state index contributed by atoms with van der Waals surface area (Å²) in [7, 11) is 0. The molecule has 0 aliphatic heterocycles. The highest BCUT2D eigenvalue weighted by atomic mass is 16.3. The number of nitrogens with zero attached hydrogens (tertiary/aromatic N) is 2. The van der Waals surface area contributed by atoms with E-state index in [1.807, 2.05) is 34.6 Å². The number of azo groups is 1. The fraction of sp³-hybridized carbons (Fsp3) is 1.00. The zero-order chi connectivity index (χ0) is 9.12. The molecule has 0 radical (unpaired) electrons. The molecule has 66 valence electrons. The van der Waals surface area contributed by atoms with E-state index in [4.69, 9.17) is 5.11 Å². The first-order valence-corrected chi connectivity index (χ1v) is 3.82. The summed E-state index contributed by atoms with van der Waals surface area (Å²) in [6, 6.07) is 0. The lowest BCUT2D eigenvalue weighted by atomic mass is 10.1. The highest BCUT2D eigenvalue weighted by molar-refractivity contribution is 4.76. The van der Waals surface area contributed by atoms with Crippen LogP contribution >= 0.6 is 0 Å². The molecule has 0 aliphatic carbocycles. The van der Waals surface area contributed by atoms with Gasteiger partial charge in [-0.25, -0.2) is 0 Å². The van der Waals surface area contributed by atoms with Crippen LogP contribution in [-0.4, -0.2) is 22.8 Å². The molecule has 0 saturated heterocycles. The molecule has 0 unspecified atom stereocenters. The Morgan fingerprint density at radius 1 is 1.00 bits per heavy atom. The Labute approximate surface area is 68.5 Å². The van der Waals surface area contributed by atoms with Gasteiger partial charge in [0, 0.05) is 0 Å². The van der Waals surface area contributed by atoms with Crippen LogP contribution in [0.2, 0.25) is 0 Å². The zero-order valence-corrected chi connectivity index (χ0v) is 8.05. The van der Waals surface area contributed by atoms with Gasteiger partial charge in [0.2, 0.25) is 0 Å². The van der Waals surface area contributed by atoms with Gasteiger partial charge in [-0.1, -0.05) is 0 Å². The number of hydrogen-bond donors (Lipinski definition) is 1. The molecule has 0 bridgehead atoms. The van der Waals surface area contributed by atoms with Crippen molar-refractivity contribution in [2.24, 2.45) is 10.2 Å². The molecule has 0 rings (SSSR count). The van der Waals surface area contributed by atoms with E-state index in [0.29, 0.717) is 0 Å². The fourth-order valence-corrected chi connectivity index (χ4v) is 0.317. The lowest BCUT2D eigenvalue weighted by molar-refractivity contribution is 0.213. The predicted octanol–water partition coefficient (Wildman–Crippen LogP) is 2.01. The minimum Gasteiger partial charge on any atom is -0.394 e. The van der Waals surface area contributed by atoms with Crippen molar-refractivity contribution in [2.45, 2.75) is 45.7 Å². The molecule has 0 spiro atoms. The highest BCUT2D eigenvalue weighted by Crippen LogP contribution is 2.13. The van der Waals surface area contributed by atoms with E-state index in [9.17, 15) is 0 Å². The third-order valence-electron chi connectivity index (χ3n) is 1.01. The van der Waals surface area contributed by atoms with Gasteiger partial charge in [0.05, 0.1) is 17.7 Å². The summed E-state index contributed by atoms with van der Waals surface area (Å²) in [6.07, 6.45) is 0. The normalized spacial score (nSPS) is 14.4. The Morgan fingerprint density at radius 2 is 1.45 bits per heavy atom. The van der Waals surface area contributed by atoms with Crippen LogP contribution in [0.3, 0.4) is 0 Å². The van der Waals surface area contributed by atoms with Crippen molar-refractivity contribution in [2.75, 3.05) is 6.61 Å². The minimum atomic E-state index is -0.437. The Kier molecular flexibility index (Phi) is 3.17. The maximum atomic E-state index is 8.84. The number of rotatable bonds is 2. The molecule has 0 amide bonds. The van der Waals surface area contributed by atoms with Crippen molar-refractivity contribution in [3.8, 4) is 0 Å². The largest absolute Gasteiger partial charge is 0.394 e. The molecule has 0 aromatic rings. The quantitative estimate of drug-likeness (QED) is 0.614. The number of aliphatic hydroxyl groups is 1. The molecule has 1 N–H and O–H groups in total. The lowest BCUT2D eigenvalue weighted by Crippen LogP contribution is -2.22. The summed E-state index contributed by atoms with van der Waals surface area (Å²) in [4.78, 5) is 0. The van der Waals surface area contributed by atoms with Gasteiger partial charge < -0.3 is 5.11 Å². The Hall–Kier alpha value is -0.440. The SMILES string of the molecule is CC(C)(C)N=NC(C)(C)CO. The summed E-state index contributed by atoms with van der Waals surface area (Å²) in [5.74, 6) is 0. The topological polar surface area (TPSA) is 45.0 Å². The molecule has 0 atom stereocenters. The Balaban J connectivity index is 4.13. The van der Waals surface area contributed by atoms with Crippen molar-refractivity contribution in [3.63, 3.8) is 0 Å². The van der Waals surface area contributed by atoms with E-state index in [1.165, 1.54) is 0 Å². The van der Waals surface area contributed by atoms with Gasteiger partial charge in [0.1, 0.15) is 0 Å². The third kappa shape index (κ3) is 5.98. The molecule has 0 heterocycles. The van der Waals surface area contributed by atoms with Gasteiger partial charge in [-0.2, -0.15) is 10.2 Å². The standard InChI is InChI=1S/C8H18N2O/c1-7(2,3)9-10-8(4,5)6-11/h11H,6H2,1-5H3. The number of aliphatic hydroxyl groups excluding tert-OH is 1. The lowest BCUT2D eigenvalue weighted by Gasteiger charge is -2.17. The molecule has 0 aromatic carbocycles. The van der Waals surface area contributed by atoms with Crippen LogP contribution in [0.5, 0.6) is 0 Å². The van der Waals surface area contributed by atoms with Gasteiger partial charge in [-0.05, 0) is 34.6 Å². The zero-order valence-electron chi connectivity index (χ0n) is 8.05. The summed E-state index contributed by atoms with van der Waals surface area (Å²) in [5, 5.41) is 16.9. The third-order valence-corrected chi connectivity index (χ3v) is 1.01. The van der Waals surface area contributed by atoms with Crippen LogP contribution in [-0.2, 0) is 0 Å². The van der Waals surface area contributed by atoms with Crippen LogP contribution in [0.15, 0.2) is 10.2 Å². The Morgan fingerprint density at radius 3 is 1.73 bits per heavy atom. The van der Waals surface area contributed by atoms with Gasteiger partial charge in [0.15, 0.2) is 0 Å². The molecule has 0 aromatic heterocycles. The molecule has 11 heavy (non-hydrogen) atoms. The monoisotopic (exact) mass is 158 g/mol. The van der Waals surface area contributed by atoms with Gasteiger partial charge >= 0.3 is 0 Å². The minimum absolute atomic E-state index is 0.0343. The van der Waals surface area contributed by atoms with Gasteiger partial charge in [0.25, 0.3) is 0 Å². The van der Waals surface area contributed by atoms with Crippen molar-refractivity contribution in [3.05, 3.63) is 0 Å². The second-order valence-electron chi connectivity index (χ2n) is 4.34. The second-order valence-corrected chi connectivity index (χ2v) is 4.34. The van der Waals surface area contributed by atoms with E-state index >= 15 is 0 Å². The fourth-order valence-electron chi connectivity index (χ4n) is 0.317. The maximum Gasteiger partial charge on any atom is 0.0989 e. The molecule has 0 aliphatic rings. The molecule has 3 nitrogen and oxygen atoms in total. The van der Waals surface area contributed by atoms with Crippen molar-refractivity contribution < 1.29 is 5.11 Å². The van der Waals surface area contributed by atoms with E-state index in [-0.39, 0.29) is 12.1 Å². The van der Waals surface area contributed by atoms with Crippen LogP contribution in [0.25, 0.3) is 0 Å². The first-order valence-electron chi connectivity index (χ1n) is 3.82. The average molecular weight is 158 g/mol. The van der Waals surface area contributed by atoms with Crippen molar-refractivity contribution in [1.29, 1.82) is 0 Å². The summed E-state index contributed by atoms with van der Waals surface area (Å²) in [6.45, 7) is 9.66. The van der Waals surface area contributed by atoms with E-state index in [1.54, 1.807) is 0 Å². The smallest absolute Gasteiger partial charge is 0.0989 e. The predicted molar refractivity (Wildman–Crippen MR) is 45.8 cm³/mol. The van der Waals surface area contributed by atoms with E-state index in [0.717, 1.165) is 0 Å². The van der Waals surface area contributed by atoms with E-state index in [2.05, 4.69) is 10.2 Å². The summed E-state index contributed by atoms with van der Waals surface area (Å²) >= 11 is 0. The average Bonchev–Trinajstić information content (AvgIpc) is 1.83. The van der Waals surface area contributed by atoms with Crippen LogP contribution in [0.4, 0.5) is 0 Å². The van der Waals surface area contributed by atoms with Crippen molar-refractivity contribution in [1.82, 2.24) is 0 Å². The first-order chi connectivity index (χ1) is 4.77. The van der Waals surface area contributed by atoms with Crippen molar-refractivity contribution >= 4 is 0 Å². The molecule has 3 heteroatoms. The second kappa shape index (κ2) is 3.30. The molecule has 0 fully saturated rings. The summed E-state index contributed by atoms with van der Waals surface area (Å²) < 4.78 is 0. The molecular formula is C8H18N2O. The number of hydrogen-bond acceptors (Lipinski definition) is 3. The van der Waals surface area contributed by atoms with Crippen LogP contribution < -0.4 is 0 Å². The van der Waals surface area contributed by atoms with Gasteiger partial charge in [-0.15, -0.1) is 0 Å². The maximum absolute atomic E-state index is 8.84. The summed E-state index contributed by atoms with van der Waals surface area (Å²) in [5.41, 5.74) is -0.584. The molecule has 0 saturated carbocycles. The van der Waals surface area contributed by atoms with Crippen LogP contribution in [0, 0.1) is 0 Å². The molecular weight excluding hydrogens is 140 g/mol. The van der Waals surface area contributed by atoms with Crippen LogP contribution in [0.1, 0.15) is 34.6 Å². The van der Waals surface area contributed by atoms with Gasteiger partial charge in [-0.3, -0.25) is 0 Å².